The van der Waals surface area contributed by atoms with Crippen molar-refractivity contribution in [3.63, 3.8) is 0 Å². The average Bonchev–Trinajstić information content (AvgIpc) is 2.22. The maximum absolute atomic E-state index is 11.5. The molecule has 3 nitrogen and oxygen atoms in total. The van der Waals surface area contributed by atoms with Gasteiger partial charge in [0.1, 0.15) is 0 Å². The Kier molecular flexibility index (Phi) is 2.54. The second kappa shape index (κ2) is 3.85. The predicted molar refractivity (Wildman–Crippen MR) is 61.1 cm³/mol. The molecule has 1 heterocycles. The van der Waals surface area contributed by atoms with Crippen molar-refractivity contribution in [2.45, 2.75) is 26.7 Å². The predicted octanol–water partition coefficient (Wildman–Crippen LogP) is 2.18. The van der Waals surface area contributed by atoms with E-state index in [9.17, 15) is 4.79 Å². The normalized spacial score (nSPS) is 10.8. The number of rotatable bonds is 2. The number of aromatic amines is 1. The summed E-state index contributed by atoms with van der Waals surface area (Å²) in [5.41, 5.74) is 2.04. The van der Waals surface area contributed by atoms with Crippen LogP contribution < -0.4 is 5.56 Å². The largest absolute Gasteiger partial charge is 0.272 e. The van der Waals surface area contributed by atoms with Gasteiger partial charge >= 0.3 is 0 Å². The molecule has 0 spiro atoms. The second-order valence-corrected chi connectivity index (χ2v) is 3.80. The summed E-state index contributed by atoms with van der Waals surface area (Å²) in [6.45, 7) is 4.13. The SMILES string of the molecule is CCCc1n[nH]c(=O)c2ccc(C)cc12. The van der Waals surface area contributed by atoms with Crippen LogP contribution in [0.25, 0.3) is 10.8 Å². The summed E-state index contributed by atoms with van der Waals surface area (Å²) in [6, 6.07) is 5.85. The first kappa shape index (κ1) is 9.90. The van der Waals surface area contributed by atoms with Crippen LogP contribution >= 0.6 is 0 Å². The second-order valence-electron chi connectivity index (χ2n) is 3.80. The van der Waals surface area contributed by atoms with Crippen molar-refractivity contribution < 1.29 is 0 Å². The molecular weight excluding hydrogens is 188 g/mol. The van der Waals surface area contributed by atoms with Crippen molar-refractivity contribution in [2.24, 2.45) is 0 Å². The van der Waals surface area contributed by atoms with Gasteiger partial charge in [-0.1, -0.05) is 25.0 Å². The molecule has 0 aliphatic rings. The Labute approximate surface area is 88.1 Å². The van der Waals surface area contributed by atoms with Crippen molar-refractivity contribution in [3.05, 3.63) is 39.8 Å². The molecule has 0 radical (unpaired) electrons. The van der Waals surface area contributed by atoms with Crippen LogP contribution in [0.4, 0.5) is 0 Å². The molecule has 0 saturated carbocycles. The molecule has 1 aromatic heterocycles. The van der Waals surface area contributed by atoms with Crippen LogP contribution in [-0.2, 0) is 6.42 Å². The summed E-state index contributed by atoms with van der Waals surface area (Å²) in [5.74, 6) is 0. The van der Waals surface area contributed by atoms with Crippen LogP contribution in [-0.4, -0.2) is 10.2 Å². The van der Waals surface area contributed by atoms with Crippen LogP contribution in [0, 0.1) is 6.92 Å². The lowest BCUT2D eigenvalue weighted by molar-refractivity contribution is 0.843. The highest BCUT2D eigenvalue weighted by Gasteiger charge is 2.05. The van der Waals surface area contributed by atoms with Crippen LogP contribution in [0.3, 0.4) is 0 Å². The average molecular weight is 202 g/mol. The number of aromatic nitrogens is 2. The van der Waals surface area contributed by atoms with E-state index in [1.165, 1.54) is 0 Å². The van der Waals surface area contributed by atoms with Crippen LogP contribution in [0.15, 0.2) is 23.0 Å². The summed E-state index contributed by atoms with van der Waals surface area (Å²) >= 11 is 0. The quantitative estimate of drug-likeness (QED) is 0.811. The molecule has 0 fully saturated rings. The summed E-state index contributed by atoms with van der Waals surface area (Å²) in [7, 11) is 0. The standard InChI is InChI=1S/C12H14N2O/c1-3-4-11-10-7-8(2)5-6-9(10)12(15)14-13-11/h5-7H,3-4H2,1-2H3,(H,14,15). The first-order chi connectivity index (χ1) is 7.22. The van der Waals surface area contributed by atoms with Crippen LogP contribution in [0.1, 0.15) is 24.6 Å². The molecular formula is C12H14N2O. The van der Waals surface area contributed by atoms with Crippen molar-refractivity contribution in [1.29, 1.82) is 0 Å². The Balaban J connectivity index is 2.78. The minimum Gasteiger partial charge on any atom is -0.267 e. The van der Waals surface area contributed by atoms with E-state index in [-0.39, 0.29) is 5.56 Å². The molecule has 0 bridgehead atoms. The van der Waals surface area contributed by atoms with Gasteiger partial charge in [0.25, 0.3) is 5.56 Å². The maximum atomic E-state index is 11.5. The maximum Gasteiger partial charge on any atom is 0.272 e. The first-order valence-electron chi connectivity index (χ1n) is 5.20. The molecule has 0 saturated heterocycles. The molecule has 0 aliphatic heterocycles. The molecule has 1 N–H and O–H groups in total. The van der Waals surface area contributed by atoms with Gasteiger partial charge in [-0.3, -0.25) is 4.79 Å². The summed E-state index contributed by atoms with van der Waals surface area (Å²) in [5, 5.41) is 8.36. The van der Waals surface area contributed by atoms with Gasteiger partial charge in [-0.2, -0.15) is 5.10 Å². The lowest BCUT2D eigenvalue weighted by Gasteiger charge is -2.04. The number of hydrogen-bond donors (Lipinski definition) is 1. The molecule has 2 aromatic rings. The Morgan fingerprint density at radius 3 is 2.87 bits per heavy atom. The molecule has 78 valence electrons. The third-order valence-corrected chi connectivity index (χ3v) is 2.51. The summed E-state index contributed by atoms with van der Waals surface area (Å²) in [4.78, 5) is 11.5. The number of H-pyrrole nitrogens is 1. The fourth-order valence-corrected chi connectivity index (χ4v) is 1.76. The van der Waals surface area contributed by atoms with Gasteiger partial charge in [0, 0.05) is 5.39 Å². The monoisotopic (exact) mass is 202 g/mol. The molecule has 2 rings (SSSR count). The Morgan fingerprint density at radius 1 is 1.33 bits per heavy atom. The smallest absolute Gasteiger partial charge is 0.267 e. The number of hydrogen-bond acceptors (Lipinski definition) is 2. The van der Waals surface area contributed by atoms with Crippen molar-refractivity contribution in [3.8, 4) is 0 Å². The van der Waals surface area contributed by atoms with Gasteiger partial charge in [-0.25, -0.2) is 5.10 Å². The van der Waals surface area contributed by atoms with Crippen LogP contribution in [0.5, 0.6) is 0 Å². The van der Waals surface area contributed by atoms with E-state index < -0.39 is 0 Å². The van der Waals surface area contributed by atoms with E-state index in [4.69, 9.17) is 0 Å². The Morgan fingerprint density at radius 2 is 2.13 bits per heavy atom. The zero-order valence-corrected chi connectivity index (χ0v) is 9.00. The molecule has 0 unspecified atom stereocenters. The zero-order valence-electron chi connectivity index (χ0n) is 9.00. The zero-order chi connectivity index (χ0) is 10.8. The van der Waals surface area contributed by atoms with E-state index in [0.717, 1.165) is 34.9 Å². The van der Waals surface area contributed by atoms with E-state index >= 15 is 0 Å². The summed E-state index contributed by atoms with van der Waals surface area (Å²) < 4.78 is 0. The van der Waals surface area contributed by atoms with Crippen molar-refractivity contribution in [1.82, 2.24) is 10.2 Å². The number of nitrogens with zero attached hydrogens (tertiary/aromatic N) is 1. The third kappa shape index (κ3) is 1.77. The van der Waals surface area contributed by atoms with Crippen LogP contribution in [0.2, 0.25) is 0 Å². The van der Waals surface area contributed by atoms with E-state index in [0.29, 0.717) is 0 Å². The lowest BCUT2D eigenvalue weighted by atomic mass is 10.1. The molecule has 15 heavy (non-hydrogen) atoms. The minimum atomic E-state index is -0.107. The first-order valence-corrected chi connectivity index (χ1v) is 5.20. The third-order valence-electron chi connectivity index (χ3n) is 2.51. The molecule has 0 aliphatic carbocycles. The topological polar surface area (TPSA) is 45.8 Å². The molecule has 0 atom stereocenters. The number of benzene rings is 1. The molecule has 1 aromatic carbocycles. The Bertz CT molecular complexity index is 543. The van der Waals surface area contributed by atoms with Gasteiger partial charge in [0.15, 0.2) is 0 Å². The fourth-order valence-electron chi connectivity index (χ4n) is 1.76. The highest BCUT2D eigenvalue weighted by molar-refractivity contribution is 5.84. The highest BCUT2D eigenvalue weighted by atomic mass is 16.1. The van der Waals surface area contributed by atoms with Crippen molar-refractivity contribution >= 4 is 10.8 Å². The van der Waals surface area contributed by atoms with E-state index in [1.54, 1.807) is 0 Å². The number of aryl methyl sites for hydroxylation is 2. The van der Waals surface area contributed by atoms with Crippen molar-refractivity contribution in [2.75, 3.05) is 0 Å². The van der Waals surface area contributed by atoms with Gasteiger partial charge in [-0.15, -0.1) is 0 Å². The summed E-state index contributed by atoms with van der Waals surface area (Å²) in [6.07, 6.45) is 1.93. The molecule has 0 amide bonds. The molecule has 3 heteroatoms. The van der Waals surface area contributed by atoms with Gasteiger partial charge < -0.3 is 0 Å². The van der Waals surface area contributed by atoms with Gasteiger partial charge in [0.2, 0.25) is 0 Å². The lowest BCUT2D eigenvalue weighted by Crippen LogP contribution is -2.11. The van der Waals surface area contributed by atoms with Gasteiger partial charge in [-0.05, 0) is 25.5 Å². The van der Waals surface area contributed by atoms with Gasteiger partial charge in [0.05, 0.1) is 11.1 Å². The fraction of sp³-hybridized carbons (Fsp3) is 0.333. The van der Waals surface area contributed by atoms with E-state index in [1.807, 2.05) is 25.1 Å². The number of nitrogens with one attached hydrogen (secondary N) is 1. The Hall–Kier alpha value is -1.64. The highest BCUT2D eigenvalue weighted by Crippen LogP contribution is 2.15. The van der Waals surface area contributed by atoms with E-state index in [2.05, 4.69) is 17.1 Å². The minimum absolute atomic E-state index is 0.107. The number of fused-ring (bicyclic) bond motifs is 1.